The molecule has 0 aromatic heterocycles. The van der Waals surface area contributed by atoms with Gasteiger partial charge >= 0.3 is 0 Å². The lowest BCUT2D eigenvalue weighted by molar-refractivity contribution is 0.202. The molecule has 0 N–H and O–H groups in total. The molecule has 2 aliphatic heterocycles. The zero-order chi connectivity index (χ0) is 12.7. The third kappa shape index (κ3) is 1.99. The van der Waals surface area contributed by atoms with E-state index in [4.69, 9.17) is 0 Å². The van der Waals surface area contributed by atoms with Crippen molar-refractivity contribution in [3.05, 3.63) is 29.8 Å². The Morgan fingerprint density at radius 3 is 2.89 bits per heavy atom. The normalized spacial score (nSPS) is 28.5. The fourth-order valence-electron chi connectivity index (χ4n) is 3.23. The maximum Gasteiger partial charge on any atom is 0.146 e. The molecule has 4 heteroatoms. The highest BCUT2D eigenvalue weighted by molar-refractivity contribution is 5.49. The number of piperazine rings is 1. The summed E-state index contributed by atoms with van der Waals surface area (Å²) in [7, 11) is 0. The molecule has 0 radical (unpaired) electrons. The molecule has 3 rings (SSSR count). The molecule has 2 atom stereocenters. The minimum atomic E-state index is -0.368. The topological polar surface area (TPSA) is 6.48 Å². The molecule has 0 amide bonds. The molecule has 0 spiro atoms. The Labute approximate surface area is 106 Å². The highest BCUT2D eigenvalue weighted by atomic mass is 19.1. The molecule has 2 nitrogen and oxygen atoms in total. The molecule has 1 aromatic rings. The third-order valence-electron chi connectivity index (χ3n) is 4.15. The molecule has 2 saturated heterocycles. The van der Waals surface area contributed by atoms with E-state index in [1.54, 1.807) is 0 Å². The number of anilines is 1. The number of halogens is 2. The molecular weight excluding hydrogens is 234 g/mol. The number of hydrogen-bond acceptors (Lipinski definition) is 2. The first kappa shape index (κ1) is 11.9. The van der Waals surface area contributed by atoms with Gasteiger partial charge in [-0.15, -0.1) is 0 Å². The first-order valence-corrected chi connectivity index (χ1v) is 6.61. The van der Waals surface area contributed by atoms with E-state index < -0.39 is 0 Å². The van der Waals surface area contributed by atoms with E-state index in [2.05, 4.69) is 11.8 Å². The van der Waals surface area contributed by atoms with Crippen molar-refractivity contribution in [2.24, 2.45) is 0 Å². The standard InChI is InChI=1S/C14H18F2N2/c1-10-8-17-6-2-3-12(17)9-18(10)14-7-11(15)4-5-13(14)16/h4-5,7,10,12H,2-3,6,8-9H2,1H3. The molecule has 2 unspecified atom stereocenters. The highest BCUT2D eigenvalue weighted by Crippen LogP contribution is 2.30. The number of nitrogens with zero attached hydrogens (tertiary/aromatic N) is 2. The summed E-state index contributed by atoms with van der Waals surface area (Å²) < 4.78 is 27.1. The predicted octanol–water partition coefficient (Wildman–Crippen LogP) is 2.64. The molecule has 1 aromatic carbocycles. The number of rotatable bonds is 1. The summed E-state index contributed by atoms with van der Waals surface area (Å²) >= 11 is 0. The largest absolute Gasteiger partial charge is 0.364 e. The van der Waals surface area contributed by atoms with E-state index in [-0.39, 0.29) is 17.7 Å². The minimum absolute atomic E-state index is 0.232. The van der Waals surface area contributed by atoms with E-state index in [0.29, 0.717) is 11.7 Å². The second-order valence-corrected chi connectivity index (χ2v) is 5.39. The SMILES string of the molecule is CC1CN2CCCC2CN1c1cc(F)ccc1F. The summed E-state index contributed by atoms with van der Waals surface area (Å²) in [5.41, 5.74) is 0.411. The Balaban J connectivity index is 1.88. The van der Waals surface area contributed by atoms with Crippen LogP contribution in [0.15, 0.2) is 18.2 Å². The minimum Gasteiger partial charge on any atom is -0.364 e. The van der Waals surface area contributed by atoms with E-state index in [0.717, 1.165) is 19.6 Å². The number of fused-ring (bicyclic) bond motifs is 1. The van der Waals surface area contributed by atoms with Gasteiger partial charge in [-0.3, -0.25) is 4.90 Å². The van der Waals surface area contributed by atoms with Crippen LogP contribution in [0.1, 0.15) is 19.8 Å². The lowest BCUT2D eigenvalue weighted by Crippen LogP contribution is -2.55. The van der Waals surface area contributed by atoms with Gasteiger partial charge in [0.15, 0.2) is 0 Å². The fraction of sp³-hybridized carbons (Fsp3) is 0.571. The Hall–Kier alpha value is -1.16. The van der Waals surface area contributed by atoms with Gasteiger partial charge in [0.25, 0.3) is 0 Å². The lowest BCUT2D eigenvalue weighted by atomic mass is 10.1. The summed E-state index contributed by atoms with van der Waals surface area (Å²) in [6.45, 7) is 4.98. The van der Waals surface area contributed by atoms with Crippen LogP contribution in [0.2, 0.25) is 0 Å². The van der Waals surface area contributed by atoms with Gasteiger partial charge < -0.3 is 4.90 Å². The van der Waals surface area contributed by atoms with Gasteiger partial charge in [0.2, 0.25) is 0 Å². The van der Waals surface area contributed by atoms with Crippen LogP contribution in [0.5, 0.6) is 0 Å². The van der Waals surface area contributed by atoms with Crippen molar-refractivity contribution in [2.75, 3.05) is 24.5 Å². The molecule has 2 heterocycles. The van der Waals surface area contributed by atoms with Crippen LogP contribution >= 0.6 is 0 Å². The van der Waals surface area contributed by atoms with Crippen LogP contribution in [0.4, 0.5) is 14.5 Å². The van der Waals surface area contributed by atoms with Gasteiger partial charge in [-0.1, -0.05) is 0 Å². The van der Waals surface area contributed by atoms with Crippen molar-refractivity contribution in [1.82, 2.24) is 4.90 Å². The van der Waals surface area contributed by atoms with Crippen LogP contribution in [-0.4, -0.2) is 36.6 Å². The van der Waals surface area contributed by atoms with Crippen LogP contribution in [-0.2, 0) is 0 Å². The lowest BCUT2D eigenvalue weighted by Gasteiger charge is -2.43. The first-order chi connectivity index (χ1) is 8.65. The van der Waals surface area contributed by atoms with Crippen LogP contribution in [0.25, 0.3) is 0 Å². The Morgan fingerprint density at radius 2 is 2.06 bits per heavy atom. The van der Waals surface area contributed by atoms with Gasteiger partial charge in [-0.2, -0.15) is 0 Å². The Bertz CT molecular complexity index is 449. The van der Waals surface area contributed by atoms with Crippen molar-refractivity contribution in [3.63, 3.8) is 0 Å². The number of benzene rings is 1. The van der Waals surface area contributed by atoms with E-state index in [1.807, 2.05) is 4.90 Å². The summed E-state index contributed by atoms with van der Waals surface area (Å²) in [6, 6.07) is 4.45. The number of hydrogen-bond donors (Lipinski definition) is 0. The molecule has 2 fully saturated rings. The van der Waals surface area contributed by atoms with E-state index >= 15 is 0 Å². The Morgan fingerprint density at radius 1 is 1.22 bits per heavy atom. The molecule has 98 valence electrons. The van der Waals surface area contributed by atoms with Gasteiger partial charge in [0.05, 0.1) is 5.69 Å². The first-order valence-electron chi connectivity index (χ1n) is 6.61. The Kier molecular flexibility index (Phi) is 2.98. The van der Waals surface area contributed by atoms with Crippen LogP contribution in [0.3, 0.4) is 0 Å². The van der Waals surface area contributed by atoms with Crippen LogP contribution in [0, 0.1) is 11.6 Å². The molecular formula is C14H18F2N2. The van der Waals surface area contributed by atoms with E-state index in [1.165, 1.54) is 31.0 Å². The van der Waals surface area contributed by atoms with Crippen molar-refractivity contribution in [1.29, 1.82) is 0 Å². The maximum atomic E-state index is 13.8. The monoisotopic (exact) mass is 252 g/mol. The molecule has 2 aliphatic rings. The average molecular weight is 252 g/mol. The summed E-state index contributed by atoms with van der Waals surface area (Å²) in [5.74, 6) is -0.692. The summed E-state index contributed by atoms with van der Waals surface area (Å²) in [5, 5.41) is 0. The zero-order valence-electron chi connectivity index (χ0n) is 10.6. The van der Waals surface area contributed by atoms with Gasteiger partial charge in [-0.25, -0.2) is 8.78 Å². The summed E-state index contributed by atoms with van der Waals surface area (Å²) in [4.78, 5) is 4.49. The average Bonchev–Trinajstić information content (AvgIpc) is 2.78. The van der Waals surface area contributed by atoms with Crippen LogP contribution < -0.4 is 4.90 Å². The van der Waals surface area contributed by atoms with E-state index in [9.17, 15) is 8.78 Å². The third-order valence-corrected chi connectivity index (χ3v) is 4.15. The smallest absolute Gasteiger partial charge is 0.146 e. The molecule has 0 saturated carbocycles. The van der Waals surface area contributed by atoms with Crippen molar-refractivity contribution >= 4 is 5.69 Å². The quantitative estimate of drug-likeness (QED) is 0.758. The fourth-order valence-corrected chi connectivity index (χ4v) is 3.23. The highest BCUT2D eigenvalue weighted by Gasteiger charge is 2.35. The van der Waals surface area contributed by atoms with Gasteiger partial charge in [0.1, 0.15) is 11.6 Å². The second kappa shape index (κ2) is 4.50. The predicted molar refractivity (Wildman–Crippen MR) is 67.8 cm³/mol. The molecule has 0 aliphatic carbocycles. The van der Waals surface area contributed by atoms with Crippen molar-refractivity contribution in [3.8, 4) is 0 Å². The summed E-state index contributed by atoms with van der Waals surface area (Å²) in [6.07, 6.45) is 2.39. The maximum absolute atomic E-state index is 13.8. The van der Waals surface area contributed by atoms with Crippen molar-refractivity contribution < 1.29 is 8.78 Å². The second-order valence-electron chi connectivity index (χ2n) is 5.39. The van der Waals surface area contributed by atoms with Crippen molar-refractivity contribution in [2.45, 2.75) is 31.8 Å². The van der Waals surface area contributed by atoms with Gasteiger partial charge in [0, 0.05) is 31.2 Å². The van der Waals surface area contributed by atoms with Gasteiger partial charge in [-0.05, 0) is 38.4 Å². The molecule has 0 bridgehead atoms. The zero-order valence-corrected chi connectivity index (χ0v) is 10.6. The molecule has 18 heavy (non-hydrogen) atoms.